The lowest BCUT2D eigenvalue weighted by Crippen LogP contribution is -2.46. The number of rotatable bonds is 4. The summed E-state index contributed by atoms with van der Waals surface area (Å²) in [5, 5.41) is 3.42. The number of aromatic nitrogens is 2. The number of thiazole rings is 1. The highest BCUT2D eigenvalue weighted by Crippen LogP contribution is 2.41. The molecule has 0 unspecified atom stereocenters. The van der Waals surface area contributed by atoms with Crippen LogP contribution in [0.1, 0.15) is 35.0 Å². The molecule has 4 nitrogen and oxygen atoms in total. The summed E-state index contributed by atoms with van der Waals surface area (Å²) in [6.45, 7) is 4.09. The summed E-state index contributed by atoms with van der Waals surface area (Å²) in [6.07, 6.45) is -0.884. The van der Waals surface area contributed by atoms with Gasteiger partial charge in [0.05, 0.1) is 16.3 Å². The van der Waals surface area contributed by atoms with Crippen LogP contribution in [0.4, 0.5) is 19.0 Å². The lowest BCUT2D eigenvalue weighted by Gasteiger charge is -2.35. The Morgan fingerprint density at radius 2 is 1.88 bits per heavy atom. The van der Waals surface area contributed by atoms with E-state index >= 15 is 0 Å². The predicted molar refractivity (Wildman–Crippen MR) is 90.8 cm³/mol. The van der Waals surface area contributed by atoms with E-state index < -0.39 is 11.7 Å². The Kier molecular flexibility index (Phi) is 4.41. The molecule has 2 aliphatic rings. The van der Waals surface area contributed by atoms with Gasteiger partial charge in [0.2, 0.25) is 0 Å². The van der Waals surface area contributed by atoms with Gasteiger partial charge in [0.25, 0.3) is 0 Å². The molecule has 2 aromatic heterocycles. The zero-order chi connectivity index (χ0) is 17.4. The molecule has 2 aromatic rings. The molecule has 0 spiro atoms. The fourth-order valence-electron chi connectivity index (χ4n) is 3.02. The van der Waals surface area contributed by atoms with Gasteiger partial charge in [-0.15, -0.1) is 11.3 Å². The Morgan fingerprint density at radius 3 is 2.48 bits per heavy atom. The molecule has 3 heterocycles. The number of hydrogen-bond donors (Lipinski definition) is 0. The minimum atomic E-state index is -4.34. The van der Waals surface area contributed by atoms with E-state index in [9.17, 15) is 13.2 Å². The van der Waals surface area contributed by atoms with Crippen molar-refractivity contribution in [2.45, 2.75) is 31.5 Å². The van der Waals surface area contributed by atoms with Gasteiger partial charge in [-0.3, -0.25) is 4.90 Å². The molecule has 2 fully saturated rings. The zero-order valence-electron chi connectivity index (χ0n) is 13.7. The number of nitrogens with zero attached hydrogens (tertiary/aromatic N) is 4. The standard InChI is InChI=1S/C17H19F3N4S/c18-17(19,20)13-3-4-15(21-9-13)24-7-5-23(6-8-24)10-14-11-25-16(22-14)12-1-2-12/h3-4,9,11-12H,1-2,5-8,10H2. The van der Waals surface area contributed by atoms with Crippen LogP contribution >= 0.6 is 11.3 Å². The minimum absolute atomic E-state index is 0.609. The maximum absolute atomic E-state index is 12.6. The fraction of sp³-hybridized carbons (Fsp3) is 0.529. The van der Waals surface area contributed by atoms with Crippen molar-refractivity contribution in [1.29, 1.82) is 0 Å². The first-order valence-electron chi connectivity index (χ1n) is 8.44. The topological polar surface area (TPSA) is 32.3 Å². The molecule has 1 aliphatic carbocycles. The van der Waals surface area contributed by atoms with Gasteiger partial charge in [-0.1, -0.05) is 0 Å². The van der Waals surface area contributed by atoms with Crippen LogP contribution in [0.15, 0.2) is 23.7 Å². The van der Waals surface area contributed by atoms with E-state index in [1.165, 1.54) is 23.9 Å². The molecule has 0 atom stereocenters. The molecular formula is C17H19F3N4S. The van der Waals surface area contributed by atoms with Gasteiger partial charge in [-0.05, 0) is 25.0 Å². The minimum Gasteiger partial charge on any atom is -0.354 e. The molecule has 0 radical (unpaired) electrons. The average Bonchev–Trinajstić information content (AvgIpc) is 3.35. The highest BCUT2D eigenvalue weighted by atomic mass is 32.1. The highest BCUT2D eigenvalue weighted by Gasteiger charge is 2.31. The number of piperazine rings is 1. The summed E-state index contributed by atoms with van der Waals surface area (Å²) in [7, 11) is 0. The van der Waals surface area contributed by atoms with Gasteiger partial charge >= 0.3 is 6.18 Å². The second-order valence-electron chi connectivity index (χ2n) is 6.62. The third-order valence-corrected chi connectivity index (χ3v) is 5.71. The highest BCUT2D eigenvalue weighted by molar-refractivity contribution is 7.09. The van der Waals surface area contributed by atoms with Crippen molar-refractivity contribution >= 4 is 17.2 Å². The lowest BCUT2D eigenvalue weighted by atomic mass is 10.2. The second-order valence-corrected chi connectivity index (χ2v) is 7.51. The van der Waals surface area contributed by atoms with Crippen LogP contribution in [-0.2, 0) is 12.7 Å². The molecule has 4 rings (SSSR count). The van der Waals surface area contributed by atoms with Crippen molar-refractivity contribution in [2.24, 2.45) is 0 Å². The number of halogens is 3. The van der Waals surface area contributed by atoms with Gasteiger partial charge in [0.1, 0.15) is 5.82 Å². The molecule has 1 aliphatic heterocycles. The maximum Gasteiger partial charge on any atom is 0.417 e. The van der Waals surface area contributed by atoms with Gasteiger partial charge in [0, 0.05) is 50.2 Å². The summed E-state index contributed by atoms with van der Waals surface area (Å²) in [6, 6.07) is 2.56. The van der Waals surface area contributed by atoms with E-state index in [0.29, 0.717) is 11.7 Å². The smallest absolute Gasteiger partial charge is 0.354 e. The zero-order valence-corrected chi connectivity index (χ0v) is 14.5. The van der Waals surface area contributed by atoms with Crippen LogP contribution in [0, 0.1) is 0 Å². The number of hydrogen-bond acceptors (Lipinski definition) is 5. The van der Waals surface area contributed by atoms with Crippen LogP contribution in [-0.4, -0.2) is 41.0 Å². The van der Waals surface area contributed by atoms with Crippen LogP contribution in [0.25, 0.3) is 0 Å². The van der Waals surface area contributed by atoms with Crippen LogP contribution in [0.5, 0.6) is 0 Å². The summed E-state index contributed by atoms with van der Waals surface area (Å²) >= 11 is 1.76. The first-order valence-corrected chi connectivity index (χ1v) is 9.32. The molecule has 0 bridgehead atoms. The second kappa shape index (κ2) is 6.57. The monoisotopic (exact) mass is 368 g/mol. The third kappa shape index (κ3) is 3.95. The Balaban J connectivity index is 1.31. The van der Waals surface area contributed by atoms with Gasteiger partial charge in [0.15, 0.2) is 0 Å². The fourth-order valence-corrected chi connectivity index (χ4v) is 4.00. The Hall–Kier alpha value is -1.67. The predicted octanol–water partition coefficient (Wildman–Crippen LogP) is 3.76. The summed E-state index contributed by atoms with van der Waals surface area (Å²) in [4.78, 5) is 13.1. The van der Waals surface area contributed by atoms with Crippen molar-refractivity contribution in [3.63, 3.8) is 0 Å². The molecule has 0 N–H and O–H groups in total. The summed E-state index contributed by atoms with van der Waals surface area (Å²) < 4.78 is 37.8. The first-order chi connectivity index (χ1) is 12.0. The molecule has 134 valence electrons. The summed E-state index contributed by atoms with van der Waals surface area (Å²) in [5.74, 6) is 1.30. The van der Waals surface area contributed by atoms with E-state index in [1.54, 1.807) is 11.3 Å². The third-order valence-electron chi connectivity index (χ3n) is 4.65. The van der Waals surface area contributed by atoms with E-state index in [-0.39, 0.29) is 0 Å². The van der Waals surface area contributed by atoms with Crippen molar-refractivity contribution < 1.29 is 13.2 Å². The first kappa shape index (κ1) is 16.8. The molecule has 0 amide bonds. The molecule has 25 heavy (non-hydrogen) atoms. The number of pyridine rings is 1. The molecule has 1 saturated carbocycles. The molecule has 0 aromatic carbocycles. The summed E-state index contributed by atoms with van der Waals surface area (Å²) in [5.41, 5.74) is 0.429. The Labute approximate surface area is 148 Å². The SMILES string of the molecule is FC(F)(F)c1ccc(N2CCN(Cc3csc(C4CC4)n3)CC2)nc1. The maximum atomic E-state index is 12.6. The van der Waals surface area contributed by atoms with Crippen molar-refractivity contribution in [1.82, 2.24) is 14.9 Å². The van der Waals surface area contributed by atoms with E-state index in [4.69, 9.17) is 4.98 Å². The number of alkyl halides is 3. The Morgan fingerprint density at radius 1 is 1.12 bits per heavy atom. The van der Waals surface area contributed by atoms with Gasteiger partial charge in [-0.2, -0.15) is 13.2 Å². The molecule has 1 saturated heterocycles. The van der Waals surface area contributed by atoms with Crippen LogP contribution < -0.4 is 4.90 Å². The van der Waals surface area contributed by atoms with E-state index in [2.05, 4.69) is 15.3 Å². The van der Waals surface area contributed by atoms with Crippen LogP contribution in [0.3, 0.4) is 0 Å². The molecular weight excluding hydrogens is 349 g/mol. The largest absolute Gasteiger partial charge is 0.417 e. The molecule has 8 heteroatoms. The van der Waals surface area contributed by atoms with Crippen molar-refractivity contribution in [3.8, 4) is 0 Å². The lowest BCUT2D eigenvalue weighted by molar-refractivity contribution is -0.137. The van der Waals surface area contributed by atoms with Gasteiger partial charge in [-0.25, -0.2) is 9.97 Å². The normalized spacial score (nSPS) is 19.4. The van der Waals surface area contributed by atoms with E-state index in [1.807, 2.05) is 4.90 Å². The van der Waals surface area contributed by atoms with Crippen molar-refractivity contribution in [2.75, 3.05) is 31.1 Å². The average molecular weight is 368 g/mol. The van der Waals surface area contributed by atoms with Crippen molar-refractivity contribution in [3.05, 3.63) is 40.0 Å². The van der Waals surface area contributed by atoms with Crippen LogP contribution in [0.2, 0.25) is 0 Å². The van der Waals surface area contributed by atoms with E-state index in [0.717, 1.165) is 50.7 Å². The quantitative estimate of drug-likeness (QED) is 0.823. The van der Waals surface area contributed by atoms with Gasteiger partial charge < -0.3 is 4.90 Å². The Bertz CT molecular complexity index is 716. The number of anilines is 1.